The number of sulfone groups is 1. The highest BCUT2D eigenvalue weighted by atomic mass is 32.2. The second-order valence-electron chi connectivity index (χ2n) is 8.18. The third-order valence-corrected chi connectivity index (χ3v) is 9.39. The van der Waals surface area contributed by atoms with E-state index in [2.05, 4.69) is 4.98 Å². The van der Waals surface area contributed by atoms with E-state index >= 15 is 0 Å². The first-order chi connectivity index (χ1) is 13.6. The summed E-state index contributed by atoms with van der Waals surface area (Å²) in [6.07, 6.45) is 3.73. The number of thiophene rings is 1. The fourth-order valence-corrected chi connectivity index (χ4v) is 6.50. The molecule has 0 radical (unpaired) electrons. The first-order valence-corrected chi connectivity index (χ1v) is 11.9. The molecule has 152 valence electrons. The van der Waals surface area contributed by atoms with Crippen molar-refractivity contribution < 1.29 is 18.0 Å². The van der Waals surface area contributed by atoms with Gasteiger partial charge in [0.05, 0.1) is 26.5 Å². The number of aromatic amines is 1. The molecule has 1 atom stereocenters. The molecule has 8 heteroatoms. The number of aromatic nitrogens is 1. The van der Waals surface area contributed by atoms with Crippen molar-refractivity contribution in [1.29, 1.82) is 0 Å². The van der Waals surface area contributed by atoms with Crippen molar-refractivity contribution in [3.8, 4) is 11.1 Å². The van der Waals surface area contributed by atoms with Crippen LogP contribution in [-0.4, -0.2) is 36.1 Å². The Balaban J connectivity index is 1.86. The van der Waals surface area contributed by atoms with Gasteiger partial charge in [0.15, 0.2) is 16.1 Å². The Bertz CT molecular complexity index is 1230. The van der Waals surface area contributed by atoms with Gasteiger partial charge in [-0.15, -0.1) is 11.3 Å². The second-order valence-corrected chi connectivity index (χ2v) is 11.9. The maximum absolute atomic E-state index is 12.4. The number of H-pyrrole nitrogens is 1. The number of aldehydes is 1. The molecule has 29 heavy (non-hydrogen) atoms. The number of carbonyl (C=O) groups is 2. The molecule has 3 aromatic rings. The monoisotopic (exact) mass is 430 g/mol. The van der Waals surface area contributed by atoms with Gasteiger partial charge in [-0.3, -0.25) is 9.59 Å². The van der Waals surface area contributed by atoms with Gasteiger partial charge in [0.2, 0.25) is 0 Å². The second kappa shape index (κ2) is 6.81. The molecule has 1 amide bonds. The Labute approximate surface area is 173 Å². The number of nitrogens with one attached hydrogen (secondary N) is 1. The highest BCUT2D eigenvalue weighted by Crippen LogP contribution is 2.43. The molecule has 3 N–H and O–H groups in total. The number of hydrogen-bond acceptors (Lipinski definition) is 5. The Morgan fingerprint density at radius 2 is 2.03 bits per heavy atom. The first-order valence-electron chi connectivity index (χ1n) is 9.34. The van der Waals surface area contributed by atoms with E-state index in [4.69, 9.17) is 5.73 Å². The number of primary amides is 1. The lowest BCUT2D eigenvalue weighted by atomic mass is 9.86. The maximum Gasteiger partial charge on any atom is 0.250 e. The van der Waals surface area contributed by atoms with E-state index in [1.807, 2.05) is 17.6 Å². The van der Waals surface area contributed by atoms with Gasteiger partial charge in [-0.05, 0) is 72.9 Å². The summed E-state index contributed by atoms with van der Waals surface area (Å²) in [5.41, 5.74) is 9.32. The van der Waals surface area contributed by atoms with Crippen LogP contribution in [0.2, 0.25) is 0 Å². The quantitative estimate of drug-likeness (QED) is 0.612. The lowest BCUT2D eigenvalue weighted by molar-refractivity contribution is 0.100. The molecule has 6 nitrogen and oxygen atoms in total. The summed E-state index contributed by atoms with van der Waals surface area (Å²) in [7, 11) is -3.13. The number of amides is 1. The largest absolute Gasteiger partial charge is 0.366 e. The summed E-state index contributed by atoms with van der Waals surface area (Å²) in [5, 5.41) is 2.74. The summed E-state index contributed by atoms with van der Waals surface area (Å²) < 4.78 is 24.0. The summed E-state index contributed by atoms with van der Waals surface area (Å²) in [6.45, 7) is 3.55. The zero-order valence-electron chi connectivity index (χ0n) is 16.2. The van der Waals surface area contributed by atoms with E-state index in [1.165, 1.54) is 11.3 Å². The zero-order valence-corrected chi connectivity index (χ0v) is 17.8. The predicted octanol–water partition coefficient (Wildman–Crippen LogP) is 3.88. The molecule has 1 aliphatic heterocycles. The van der Waals surface area contributed by atoms with Crippen molar-refractivity contribution in [3.63, 3.8) is 0 Å². The maximum atomic E-state index is 12.4. The molecule has 0 aliphatic carbocycles. The van der Waals surface area contributed by atoms with Gasteiger partial charge in [0, 0.05) is 11.6 Å². The van der Waals surface area contributed by atoms with Gasteiger partial charge in [0.1, 0.15) is 0 Å². The minimum atomic E-state index is -3.13. The van der Waals surface area contributed by atoms with Crippen LogP contribution in [-0.2, 0) is 9.84 Å². The van der Waals surface area contributed by atoms with E-state index in [9.17, 15) is 18.0 Å². The van der Waals surface area contributed by atoms with Crippen molar-refractivity contribution in [2.24, 2.45) is 5.73 Å². The lowest BCUT2D eigenvalue weighted by Crippen LogP contribution is -2.40. The SMILES string of the molecule is CC1(C)CC(c2c[nH]c3c(C(N)=O)cc(-c4csc(C=O)c4)cc23)CCS1(=O)=O. The molecule has 0 spiro atoms. The highest BCUT2D eigenvalue weighted by molar-refractivity contribution is 7.92. The zero-order chi connectivity index (χ0) is 21.0. The smallest absolute Gasteiger partial charge is 0.250 e. The minimum absolute atomic E-state index is 0.0614. The summed E-state index contributed by atoms with van der Waals surface area (Å²) >= 11 is 1.34. The topological polar surface area (TPSA) is 110 Å². The molecule has 4 rings (SSSR count). The molecule has 0 bridgehead atoms. The number of benzene rings is 1. The number of carbonyl (C=O) groups excluding carboxylic acids is 2. The lowest BCUT2D eigenvalue weighted by Gasteiger charge is -2.34. The van der Waals surface area contributed by atoms with Crippen LogP contribution in [0.4, 0.5) is 0 Å². The van der Waals surface area contributed by atoms with Gasteiger partial charge >= 0.3 is 0 Å². The summed E-state index contributed by atoms with van der Waals surface area (Å²) in [5.74, 6) is -0.332. The molecule has 1 fully saturated rings. The normalized spacial score (nSPS) is 20.6. The molecule has 1 aliphatic rings. The molecule has 0 saturated carbocycles. The van der Waals surface area contributed by atoms with Crippen LogP contribution in [0.5, 0.6) is 0 Å². The van der Waals surface area contributed by atoms with Crippen molar-refractivity contribution >= 4 is 44.3 Å². The van der Waals surface area contributed by atoms with Gasteiger partial charge in [0.25, 0.3) is 5.91 Å². The van der Waals surface area contributed by atoms with Gasteiger partial charge in [-0.25, -0.2) is 8.42 Å². The number of hydrogen-bond donors (Lipinski definition) is 2. The summed E-state index contributed by atoms with van der Waals surface area (Å²) in [4.78, 5) is 26.9. The van der Waals surface area contributed by atoms with Crippen molar-refractivity contribution in [3.05, 3.63) is 45.8 Å². The van der Waals surface area contributed by atoms with Gasteiger partial charge in [-0.1, -0.05) is 0 Å². The molecule has 2 aromatic heterocycles. The fraction of sp³-hybridized carbons (Fsp3) is 0.333. The van der Waals surface area contributed by atoms with Crippen LogP contribution >= 0.6 is 11.3 Å². The number of fused-ring (bicyclic) bond motifs is 1. The van der Waals surface area contributed by atoms with Crippen LogP contribution in [0, 0.1) is 0 Å². The Hall–Kier alpha value is -2.45. The average Bonchev–Trinajstić information content (AvgIpc) is 3.30. The van der Waals surface area contributed by atoms with Crippen LogP contribution in [0.25, 0.3) is 22.0 Å². The van der Waals surface area contributed by atoms with E-state index in [0.717, 1.165) is 28.4 Å². The third-order valence-electron chi connectivity index (χ3n) is 5.91. The first kappa shape index (κ1) is 19.8. The van der Waals surface area contributed by atoms with Crippen LogP contribution in [0.1, 0.15) is 58.2 Å². The van der Waals surface area contributed by atoms with Gasteiger partial charge in [-0.2, -0.15) is 0 Å². The summed E-state index contributed by atoms with van der Waals surface area (Å²) in [6, 6.07) is 5.50. The van der Waals surface area contributed by atoms with Crippen LogP contribution < -0.4 is 5.73 Å². The Kier molecular flexibility index (Phi) is 4.66. The number of nitrogens with two attached hydrogens (primary N) is 1. The molecule has 3 heterocycles. The van der Waals surface area contributed by atoms with Crippen molar-refractivity contribution in [2.75, 3.05) is 5.75 Å². The molecular formula is C21H22N2O4S2. The van der Waals surface area contributed by atoms with E-state index in [-0.39, 0.29) is 11.7 Å². The fourth-order valence-electron chi connectivity index (χ4n) is 4.18. The average molecular weight is 431 g/mol. The van der Waals surface area contributed by atoms with Crippen molar-refractivity contribution in [1.82, 2.24) is 4.98 Å². The van der Waals surface area contributed by atoms with E-state index in [1.54, 1.807) is 26.0 Å². The Morgan fingerprint density at radius 1 is 1.28 bits per heavy atom. The third kappa shape index (κ3) is 3.30. The predicted molar refractivity (Wildman–Crippen MR) is 115 cm³/mol. The van der Waals surface area contributed by atoms with Crippen LogP contribution in [0.3, 0.4) is 0 Å². The highest BCUT2D eigenvalue weighted by Gasteiger charge is 2.41. The molecule has 1 unspecified atom stereocenters. The minimum Gasteiger partial charge on any atom is -0.366 e. The molecule has 1 saturated heterocycles. The Morgan fingerprint density at radius 3 is 2.66 bits per heavy atom. The van der Waals surface area contributed by atoms with Gasteiger partial charge < -0.3 is 10.7 Å². The molecular weight excluding hydrogens is 408 g/mol. The molecule has 1 aromatic carbocycles. The van der Waals surface area contributed by atoms with Crippen molar-refractivity contribution in [2.45, 2.75) is 37.4 Å². The van der Waals surface area contributed by atoms with E-state index in [0.29, 0.717) is 28.8 Å². The van der Waals surface area contributed by atoms with E-state index < -0.39 is 20.5 Å². The standard InChI is InChI=1S/C21H22N2O4S2/c1-21(2)8-12(3-4-29(21,26)27)18-9-23-19-16(18)6-13(7-17(19)20(22)25)14-5-15(10-24)28-11-14/h5-7,9-12,23H,3-4,8H2,1-2H3,(H2,22,25). The van der Waals surface area contributed by atoms with Crippen LogP contribution in [0.15, 0.2) is 29.8 Å². The number of rotatable bonds is 4.